The molecule has 1 amide bonds. The molecular weight excluding hydrogens is 446 g/mol. The molecule has 0 aliphatic carbocycles. The molecule has 7 nitrogen and oxygen atoms in total. The summed E-state index contributed by atoms with van der Waals surface area (Å²) in [7, 11) is 0. The van der Waals surface area contributed by atoms with Crippen LogP contribution in [0.1, 0.15) is 26.1 Å². The Bertz CT molecular complexity index is 1190. The van der Waals surface area contributed by atoms with Gasteiger partial charge in [-0.1, -0.05) is 44.2 Å². The molecule has 4 heterocycles. The number of aromatic amines is 1. The molecule has 1 aromatic carbocycles. The molecule has 0 saturated carbocycles. The number of aromatic nitrogens is 2. The van der Waals surface area contributed by atoms with Crippen LogP contribution in [0.2, 0.25) is 0 Å². The third-order valence-corrected chi connectivity index (χ3v) is 7.87. The number of carbonyl (C=O) groups is 1. The number of hydrogen-bond donors (Lipinski definition) is 1. The molecule has 1 N–H and O–H groups in total. The van der Waals surface area contributed by atoms with Gasteiger partial charge in [-0.15, -0.1) is 11.3 Å². The second-order valence-corrected chi connectivity index (χ2v) is 10.9. The van der Waals surface area contributed by atoms with Crippen molar-refractivity contribution < 1.29 is 4.79 Å². The van der Waals surface area contributed by atoms with Crippen LogP contribution in [0, 0.1) is 11.8 Å². The van der Waals surface area contributed by atoms with E-state index in [1.54, 1.807) is 0 Å². The molecule has 2 unspecified atom stereocenters. The van der Waals surface area contributed by atoms with Crippen molar-refractivity contribution >= 4 is 27.5 Å². The van der Waals surface area contributed by atoms with E-state index >= 15 is 0 Å². The molecule has 2 aliphatic heterocycles. The lowest BCUT2D eigenvalue weighted by Crippen LogP contribution is -2.51. The molecule has 3 aromatic rings. The van der Waals surface area contributed by atoms with Crippen LogP contribution in [0.15, 0.2) is 40.5 Å². The Balaban J connectivity index is 1.18. The van der Waals surface area contributed by atoms with Crippen LogP contribution < -0.4 is 5.56 Å². The Morgan fingerprint density at radius 3 is 2.44 bits per heavy atom. The van der Waals surface area contributed by atoms with Gasteiger partial charge < -0.3 is 9.88 Å². The number of nitrogens with zero attached hydrogens (tertiary/aromatic N) is 4. The Kier molecular flexibility index (Phi) is 6.81. The van der Waals surface area contributed by atoms with Crippen LogP contribution in [0.5, 0.6) is 0 Å². The van der Waals surface area contributed by atoms with Gasteiger partial charge in [-0.2, -0.15) is 0 Å². The largest absolute Gasteiger partial charge is 0.341 e. The number of carbonyl (C=O) groups excluding carboxylic acids is 1. The third kappa shape index (κ3) is 5.09. The van der Waals surface area contributed by atoms with E-state index in [1.165, 1.54) is 17.8 Å². The van der Waals surface area contributed by atoms with Crippen LogP contribution in [0.4, 0.5) is 0 Å². The SMILES string of the molecule is CC1CC(C)CN(C(=O)CN2CCN(Cc3nc4scc(-c5ccccc5)c4c(=O)[nH]3)CC2)C1. The summed E-state index contributed by atoms with van der Waals surface area (Å²) in [5.41, 5.74) is 1.90. The van der Waals surface area contributed by atoms with Gasteiger partial charge in [-0.25, -0.2) is 4.98 Å². The van der Waals surface area contributed by atoms with Gasteiger partial charge in [-0.3, -0.25) is 19.4 Å². The van der Waals surface area contributed by atoms with Crippen LogP contribution >= 0.6 is 11.3 Å². The van der Waals surface area contributed by atoms with E-state index in [9.17, 15) is 9.59 Å². The second kappa shape index (κ2) is 9.98. The normalized spacial score (nSPS) is 22.4. The molecule has 2 aliphatic rings. The fourth-order valence-electron chi connectivity index (χ4n) is 5.37. The molecule has 2 fully saturated rings. The minimum atomic E-state index is -0.0747. The number of hydrogen-bond acceptors (Lipinski definition) is 6. The van der Waals surface area contributed by atoms with Gasteiger partial charge in [0.1, 0.15) is 10.7 Å². The Labute approximate surface area is 204 Å². The standard InChI is InChI=1S/C26H33N5O2S/c1-18-12-19(2)14-31(13-18)23(32)16-30-10-8-29(9-11-30)15-22-27-25(33)24-21(17-34-26(24)28-22)20-6-4-3-5-7-20/h3-7,17-19H,8-16H2,1-2H3,(H,27,28,33). The molecule has 180 valence electrons. The van der Waals surface area contributed by atoms with E-state index in [0.717, 1.165) is 55.2 Å². The van der Waals surface area contributed by atoms with Gasteiger partial charge in [-0.05, 0) is 23.8 Å². The molecule has 34 heavy (non-hydrogen) atoms. The zero-order chi connectivity index (χ0) is 23.7. The second-order valence-electron chi connectivity index (χ2n) is 10.0. The lowest BCUT2D eigenvalue weighted by atomic mass is 9.92. The first-order chi connectivity index (χ1) is 16.5. The molecule has 0 bridgehead atoms. The predicted molar refractivity (Wildman–Crippen MR) is 137 cm³/mol. The first-order valence-corrected chi connectivity index (χ1v) is 13.1. The number of thiophene rings is 1. The maximum atomic E-state index is 12.9. The van der Waals surface area contributed by atoms with Crippen molar-refractivity contribution in [2.75, 3.05) is 45.8 Å². The highest BCUT2D eigenvalue weighted by Gasteiger charge is 2.27. The van der Waals surface area contributed by atoms with Crippen LogP contribution in [-0.2, 0) is 11.3 Å². The molecule has 0 radical (unpaired) electrons. The summed E-state index contributed by atoms with van der Waals surface area (Å²) in [4.78, 5) is 40.9. The van der Waals surface area contributed by atoms with Gasteiger partial charge >= 0.3 is 0 Å². The minimum absolute atomic E-state index is 0.0747. The van der Waals surface area contributed by atoms with Crippen molar-refractivity contribution in [3.05, 3.63) is 51.9 Å². The maximum Gasteiger partial charge on any atom is 0.260 e. The third-order valence-electron chi connectivity index (χ3n) is 7.00. The van der Waals surface area contributed by atoms with Gasteiger partial charge in [0.2, 0.25) is 5.91 Å². The zero-order valence-electron chi connectivity index (χ0n) is 20.0. The van der Waals surface area contributed by atoms with Gasteiger partial charge in [0, 0.05) is 50.2 Å². The number of fused-ring (bicyclic) bond motifs is 1. The Hall–Kier alpha value is -2.55. The van der Waals surface area contributed by atoms with E-state index in [0.29, 0.717) is 36.1 Å². The topological polar surface area (TPSA) is 72.5 Å². The van der Waals surface area contributed by atoms with Crippen molar-refractivity contribution in [1.29, 1.82) is 0 Å². The van der Waals surface area contributed by atoms with Crippen LogP contribution in [0.3, 0.4) is 0 Å². The molecule has 0 spiro atoms. The van der Waals surface area contributed by atoms with E-state index in [4.69, 9.17) is 4.98 Å². The van der Waals surface area contributed by atoms with E-state index in [2.05, 4.69) is 33.5 Å². The fraction of sp³-hybridized carbons (Fsp3) is 0.500. The summed E-state index contributed by atoms with van der Waals surface area (Å²) < 4.78 is 0. The average molecular weight is 480 g/mol. The number of H-pyrrole nitrogens is 1. The maximum absolute atomic E-state index is 12.9. The van der Waals surface area contributed by atoms with E-state index in [-0.39, 0.29) is 11.5 Å². The van der Waals surface area contributed by atoms with Gasteiger partial charge in [0.25, 0.3) is 5.56 Å². The van der Waals surface area contributed by atoms with Crippen molar-refractivity contribution in [2.45, 2.75) is 26.8 Å². The smallest absolute Gasteiger partial charge is 0.260 e. The number of benzene rings is 1. The highest BCUT2D eigenvalue weighted by Crippen LogP contribution is 2.30. The van der Waals surface area contributed by atoms with Gasteiger partial charge in [0.15, 0.2) is 0 Å². The monoisotopic (exact) mass is 479 g/mol. The highest BCUT2D eigenvalue weighted by atomic mass is 32.1. The average Bonchev–Trinajstić information content (AvgIpc) is 3.25. The highest BCUT2D eigenvalue weighted by molar-refractivity contribution is 7.17. The quantitative estimate of drug-likeness (QED) is 0.608. The molecule has 5 rings (SSSR count). The molecule has 2 saturated heterocycles. The Morgan fingerprint density at radius 1 is 1.06 bits per heavy atom. The zero-order valence-corrected chi connectivity index (χ0v) is 20.8. The molecule has 2 aromatic heterocycles. The Morgan fingerprint density at radius 2 is 1.74 bits per heavy atom. The summed E-state index contributed by atoms with van der Waals surface area (Å²) in [6.45, 7) is 10.8. The van der Waals surface area contributed by atoms with Crippen molar-refractivity contribution in [3.8, 4) is 11.1 Å². The van der Waals surface area contributed by atoms with E-state index < -0.39 is 0 Å². The lowest BCUT2D eigenvalue weighted by molar-refractivity contribution is -0.135. The number of nitrogens with one attached hydrogen (secondary N) is 1. The van der Waals surface area contributed by atoms with Crippen LogP contribution in [0.25, 0.3) is 21.3 Å². The summed E-state index contributed by atoms with van der Waals surface area (Å²) in [6, 6.07) is 9.98. The first kappa shape index (κ1) is 23.2. The van der Waals surface area contributed by atoms with Crippen molar-refractivity contribution in [3.63, 3.8) is 0 Å². The van der Waals surface area contributed by atoms with Gasteiger partial charge in [0.05, 0.1) is 18.5 Å². The van der Waals surface area contributed by atoms with Crippen LogP contribution in [-0.4, -0.2) is 76.4 Å². The number of likely N-dealkylation sites (tertiary alicyclic amines) is 1. The summed E-state index contributed by atoms with van der Waals surface area (Å²) in [6.07, 6.45) is 1.21. The lowest BCUT2D eigenvalue weighted by Gasteiger charge is -2.38. The predicted octanol–water partition coefficient (Wildman–Crippen LogP) is 3.27. The summed E-state index contributed by atoms with van der Waals surface area (Å²) in [5, 5.41) is 2.69. The van der Waals surface area contributed by atoms with Crippen molar-refractivity contribution in [2.24, 2.45) is 11.8 Å². The first-order valence-electron chi connectivity index (χ1n) is 12.2. The molecule has 2 atom stereocenters. The number of rotatable bonds is 5. The number of piperazine rings is 1. The number of amides is 1. The van der Waals surface area contributed by atoms with Crippen molar-refractivity contribution in [1.82, 2.24) is 24.7 Å². The molecular formula is C26H33N5O2S. The summed E-state index contributed by atoms with van der Waals surface area (Å²) >= 11 is 1.52. The minimum Gasteiger partial charge on any atom is -0.341 e. The molecule has 8 heteroatoms. The summed E-state index contributed by atoms with van der Waals surface area (Å²) in [5.74, 6) is 2.14. The number of piperidine rings is 1. The van der Waals surface area contributed by atoms with E-state index in [1.807, 2.05) is 35.7 Å². The fourth-order valence-corrected chi connectivity index (χ4v) is 6.34.